The van der Waals surface area contributed by atoms with Gasteiger partial charge < -0.3 is 10.6 Å². The Morgan fingerprint density at radius 2 is 2.15 bits per heavy atom. The molecule has 0 saturated carbocycles. The summed E-state index contributed by atoms with van der Waals surface area (Å²) in [5.74, 6) is -0.109. The Morgan fingerprint density at radius 1 is 1.30 bits per heavy atom. The second-order valence-electron chi connectivity index (χ2n) is 6.18. The largest absolute Gasteiger partial charge is 0.351 e. The van der Waals surface area contributed by atoms with E-state index in [4.69, 9.17) is 0 Å². The number of carbonyl (C=O) groups is 1. The number of nitrogens with one attached hydrogen (secondary N) is 3. The molecule has 0 aromatic carbocycles. The predicted molar refractivity (Wildman–Crippen MR) is 107 cm³/mol. The molecule has 0 fully saturated rings. The number of pyridine rings is 1. The van der Waals surface area contributed by atoms with Gasteiger partial charge >= 0.3 is 0 Å². The number of aryl methyl sites for hydroxylation is 1. The van der Waals surface area contributed by atoms with Crippen LogP contribution in [-0.2, 0) is 19.4 Å². The van der Waals surface area contributed by atoms with Gasteiger partial charge in [0.15, 0.2) is 5.69 Å². The number of rotatable bonds is 6. The van der Waals surface area contributed by atoms with E-state index in [1.807, 2.05) is 12.1 Å². The van der Waals surface area contributed by atoms with Crippen molar-refractivity contribution in [3.8, 4) is 11.3 Å². The molecule has 0 unspecified atom stereocenters. The standard InChI is InChI=1S/C18H20N6OS.ClH/c25-18(17-13-10-20-9-5-14(13)23-24-17)21-6-1-2-16-22-15(11-26-16)12-3-7-19-8-4-12;/h3-4,7-8,11,20H,1-2,5-6,9-10H2,(H,21,25)(H,23,24);1H. The first-order chi connectivity index (χ1) is 12.8. The van der Waals surface area contributed by atoms with Crippen molar-refractivity contribution in [1.82, 2.24) is 30.8 Å². The number of halogens is 1. The van der Waals surface area contributed by atoms with Gasteiger partial charge in [0.05, 0.1) is 10.7 Å². The van der Waals surface area contributed by atoms with Crippen molar-refractivity contribution < 1.29 is 4.79 Å². The van der Waals surface area contributed by atoms with Crippen molar-refractivity contribution in [2.24, 2.45) is 0 Å². The Morgan fingerprint density at radius 3 is 3.00 bits per heavy atom. The normalized spacial score (nSPS) is 12.9. The van der Waals surface area contributed by atoms with E-state index in [0.29, 0.717) is 18.8 Å². The zero-order chi connectivity index (χ0) is 17.8. The topological polar surface area (TPSA) is 95.6 Å². The van der Waals surface area contributed by atoms with Crippen LogP contribution in [0.4, 0.5) is 0 Å². The number of aromatic nitrogens is 4. The fraction of sp³-hybridized carbons (Fsp3) is 0.333. The van der Waals surface area contributed by atoms with Gasteiger partial charge in [0.25, 0.3) is 5.91 Å². The van der Waals surface area contributed by atoms with E-state index >= 15 is 0 Å². The highest BCUT2D eigenvalue weighted by Crippen LogP contribution is 2.21. The molecule has 142 valence electrons. The molecule has 0 aliphatic carbocycles. The van der Waals surface area contributed by atoms with Crippen LogP contribution in [-0.4, -0.2) is 39.2 Å². The summed E-state index contributed by atoms with van der Waals surface area (Å²) in [6.45, 7) is 2.23. The molecule has 4 rings (SSSR count). The van der Waals surface area contributed by atoms with Crippen LogP contribution in [0.2, 0.25) is 0 Å². The first kappa shape index (κ1) is 19.5. The first-order valence-corrected chi connectivity index (χ1v) is 9.59. The third-order valence-electron chi connectivity index (χ3n) is 4.40. The highest BCUT2D eigenvalue weighted by Gasteiger charge is 2.21. The number of thiazole rings is 1. The summed E-state index contributed by atoms with van der Waals surface area (Å²) >= 11 is 1.65. The molecular weight excluding hydrogens is 384 g/mol. The second kappa shape index (κ2) is 9.07. The fourth-order valence-electron chi connectivity index (χ4n) is 3.02. The van der Waals surface area contributed by atoms with Gasteiger partial charge in [-0.2, -0.15) is 5.10 Å². The number of carbonyl (C=O) groups excluding carboxylic acids is 1. The minimum absolute atomic E-state index is 0. The monoisotopic (exact) mass is 404 g/mol. The number of hydrogen-bond donors (Lipinski definition) is 3. The summed E-state index contributed by atoms with van der Waals surface area (Å²) in [6, 6.07) is 3.91. The minimum atomic E-state index is -0.109. The van der Waals surface area contributed by atoms with Crippen LogP contribution in [0, 0.1) is 0 Å². The van der Waals surface area contributed by atoms with Gasteiger partial charge in [-0.05, 0) is 18.6 Å². The van der Waals surface area contributed by atoms with Crippen molar-refractivity contribution in [3.63, 3.8) is 0 Å². The van der Waals surface area contributed by atoms with Crippen LogP contribution >= 0.6 is 23.7 Å². The van der Waals surface area contributed by atoms with Crippen molar-refractivity contribution in [3.05, 3.63) is 51.9 Å². The van der Waals surface area contributed by atoms with Crippen LogP contribution in [0.25, 0.3) is 11.3 Å². The van der Waals surface area contributed by atoms with Crippen LogP contribution < -0.4 is 10.6 Å². The van der Waals surface area contributed by atoms with Crippen LogP contribution in [0.15, 0.2) is 29.9 Å². The van der Waals surface area contributed by atoms with Crippen LogP contribution in [0.1, 0.15) is 33.2 Å². The highest BCUT2D eigenvalue weighted by atomic mass is 35.5. The van der Waals surface area contributed by atoms with E-state index in [1.54, 1.807) is 23.7 Å². The smallest absolute Gasteiger partial charge is 0.272 e. The molecule has 0 atom stereocenters. The molecule has 1 aliphatic rings. The SMILES string of the molecule is Cl.O=C(NCCCc1nc(-c2ccncc2)cs1)c1n[nH]c2c1CNCC2. The molecule has 4 heterocycles. The average Bonchev–Trinajstić information content (AvgIpc) is 3.33. The Labute approximate surface area is 167 Å². The maximum atomic E-state index is 12.3. The third-order valence-corrected chi connectivity index (χ3v) is 5.31. The van der Waals surface area contributed by atoms with Crippen molar-refractivity contribution in [2.75, 3.05) is 13.1 Å². The maximum absolute atomic E-state index is 12.3. The Kier molecular flexibility index (Phi) is 6.54. The van der Waals surface area contributed by atoms with E-state index in [2.05, 4.69) is 36.2 Å². The Balaban J connectivity index is 0.00000210. The molecule has 0 spiro atoms. The molecule has 0 saturated heterocycles. The quantitative estimate of drug-likeness (QED) is 0.548. The lowest BCUT2D eigenvalue weighted by molar-refractivity contribution is 0.0947. The Bertz CT molecular complexity index is 894. The lowest BCUT2D eigenvalue weighted by atomic mass is 10.1. The van der Waals surface area contributed by atoms with Gasteiger partial charge in [-0.3, -0.25) is 14.9 Å². The highest BCUT2D eigenvalue weighted by molar-refractivity contribution is 7.09. The predicted octanol–water partition coefficient (Wildman–Crippen LogP) is 2.36. The number of fused-ring (bicyclic) bond motifs is 1. The molecule has 27 heavy (non-hydrogen) atoms. The van der Waals surface area contributed by atoms with Gasteiger partial charge in [-0.1, -0.05) is 0 Å². The number of aromatic amines is 1. The van der Waals surface area contributed by atoms with Crippen molar-refractivity contribution >= 4 is 29.7 Å². The fourth-order valence-corrected chi connectivity index (χ4v) is 3.87. The molecule has 1 aliphatic heterocycles. The van der Waals surface area contributed by atoms with Crippen LogP contribution in [0.5, 0.6) is 0 Å². The summed E-state index contributed by atoms with van der Waals surface area (Å²) in [4.78, 5) is 21.0. The second-order valence-corrected chi connectivity index (χ2v) is 7.12. The van der Waals surface area contributed by atoms with Crippen molar-refractivity contribution in [1.29, 1.82) is 0 Å². The van der Waals surface area contributed by atoms with E-state index < -0.39 is 0 Å². The third kappa shape index (κ3) is 4.52. The number of hydrogen-bond acceptors (Lipinski definition) is 6. The van der Waals surface area contributed by atoms with E-state index in [0.717, 1.165) is 53.3 Å². The molecule has 3 N–H and O–H groups in total. The van der Waals surface area contributed by atoms with Gasteiger partial charge in [0, 0.05) is 67.1 Å². The zero-order valence-electron chi connectivity index (χ0n) is 14.7. The summed E-state index contributed by atoms with van der Waals surface area (Å²) in [5.41, 5.74) is 4.64. The summed E-state index contributed by atoms with van der Waals surface area (Å²) < 4.78 is 0. The van der Waals surface area contributed by atoms with E-state index in [-0.39, 0.29) is 18.3 Å². The molecule has 0 radical (unpaired) electrons. The molecule has 0 bridgehead atoms. The molecule has 1 amide bonds. The number of nitrogens with zero attached hydrogens (tertiary/aromatic N) is 3. The lowest BCUT2D eigenvalue weighted by Crippen LogP contribution is -2.29. The van der Waals surface area contributed by atoms with E-state index in [9.17, 15) is 4.79 Å². The molecule has 3 aromatic heterocycles. The van der Waals surface area contributed by atoms with Gasteiger partial charge in [-0.25, -0.2) is 4.98 Å². The molecule has 3 aromatic rings. The summed E-state index contributed by atoms with van der Waals surface area (Å²) in [7, 11) is 0. The summed E-state index contributed by atoms with van der Waals surface area (Å²) in [6.07, 6.45) is 6.12. The van der Waals surface area contributed by atoms with Crippen molar-refractivity contribution in [2.45, 2.75) is 25.8 Å². The molecular formula is C18H21ClN6OS. The Hall–Kier alpha value is -2.29. The lowest BCUT2D eigenvalue weighted by Gasteiger charge is -2.12. The number of amides is 1. The van der Waals surface area contributed by atoms with Crippen LogP contribution in [0.3, 0.4) is 0 Å². The first-order valence-electron chi connectivity index (χ1n) is 8.71. The van der Waals surface area contributed by atoms with Gasteiger partial charge in [0.1, 0.15) is 0 Å². The zero-order valence-corrected chi connectivity index (χ0v) is 16.3. The average molecular weight is 405 g/mol. The number of H-pyrrole nitrogens is 1. The van der Waals surface area contributed by atoms with Gasteiger partial charge in [-0.15, -0.1) is 23.7 Å². The summed E-state index contributed by atoms with van der Waals surface area (Å²) in [5, 5.41) is 16.5. The maximum Gasteiger partial charge on any atom is 0.272 e. The van der Waals surface area contributed by atoms with E-state index in [1.165, 1.54) is 0 Å². The minimum Gasteiger partial charge on any atom is -0.351 e. The molecule has 7 nitrogen and oxygen atoms in total. The van der Waals surface area contributed by atoms with Gasteiger partial charge in [0.2, 0.25) is 0 Å². The molecule has 9 heteroatoms.